The predicted molar refractivity (Wildman–Crippen MR) is 107 cm³/mol. The minimum atomic E-state index is -0.123. The van der Waals surface area contributed by atoms with Crippen LogP contribution in [0.3, 0.4) is 0 Å². The highest BCUT2D eigenvalue weighted by atomic mass is 16.5. The average molecular weight is 378 g/mol. The van der Waals surface area contributed by atoms with E-state index in [1.54, 1.807) is 37.7 Å². The monoisotopic (exact) mass is 378 g/mol. The van der Waals surface area contributed by atoms with Gasteiger partial charge in [0.05, 0.1) is 25.9 Å². The first-order valence-corrected chi connectivity index (χ1v) is 9.32. The lowest BCUT2D eigenvalue weighted by molar-refractivity contribution is 0.104. The van der Waals surface area contributed by atoms with Crippen LogP contribution in [-0.4, -0.2) is 48.3 Å². The molecule has 0 amide bonds. The van der Waals surface area contributed by atoms with Gasteiger partial charge in [0.15, 0.2) is 17.3 Å². The molecule has 0 saturated heterocycles. The molecule has 0 radical (unpaired) electrons. The molecule has 0 atom stereocenters. The number of anilines is 1. The van der Waals surface area contributed by atoms with Crippen molar-refractivity contribution in [2.24, 2.45) is 4.99 Å². The lowest BCUT2D eigenvalue weighted by Crippen LogP contribution is -2.36. The number of nitrogens with one attached hydrogen (secondary N) is 1. The highest BCUT2D eigenvalue weighted by Crippen LogP contribution is 2.43. The van der Waals surface area contributed by atoms with Crippen LogP contribution in [0.2, 0.25) is 0 Å². The number of methoxy groups -OCH3 is 1. The third-order valence-electron chi connectivity index (χ3n) is 4.63. The molecule has 7 heteroatoms. The highest BCUT2D eigenvalue weighted by molar-refractivity contribution is 6.11. The van der Waals surface area contributed by atoms with Crippen molar-refractivity contribution < 1.29 is 14.3 Å². The average Bonchev–Trinajstić information content (AvgIpc) is 3.23. The zero-order chi connectivity index (χ0) is 19.5. The third-order valence-corrected chi connectivity index (χ3v) is 4.63. The Bertz CT molecular complexity index is 954. The molecule has 2 aliphatic rings. The van der Waals surface area contributed by atoms with Gasteiger partial charge in [0, 0.05) is 36.1 Å². The molecule has 1 N–H and O–H groups in total. The third kappa shape index (κ3) is 3.19. The summed E-state index contributed by atoms with van der Waals surface area (Å²) in [6.45, 7) is 4.04. The Morgan fingerprint density at radius 1 is 1.36 bits per heavy atom. The van der Waals surface area contributed by atoms with Crippen LogP contribution >= 0.6 is 0 Å². The summed E-state index contributed by atoms with van der Waals surface area (Å²) < 4.78 is 11.5. The largest absolute Gasteiger partial charge is 0.491 e. The van der Waals surface area contributed by atoms with E-state index >= 15 is 0 Å². The number of pyridine rings is 1. The van der Waals surface area contributed by atoms with E-state index < -0.39 is 0 Å². The number of amidine groups is 1. The van der Waals surface area contributed by atoms with Crippen LogP contribution in [0, 0.1) is 0 Å². The molecule has 0 fully saturated rings. The minimum absolute atomic E-state index is 0.123. The van der Waals surface area contributed by atoms with Gasteiger partial charge in [-0.15, -0.1) is 0 Å². The number of benzene rings is 1. The summed E-state index contributed by atoms with van der Waals surface area (Å²) in [7, 11) is 1.61. The maximum atomic E-state index is 12.7. The van der Waals surface area contributed by atoms with E-state index in [9.17, 15) is 4.79 Å². The molecule has 3 heterocycles. The number of fused-ring (bicyclic) bond motifs is 3. The number of carbonyl (C=O) groups is 1. The summed E-state index contributed by atoms with van der Waals surface area (Å²) in [6.07, 6.45) is 5.69. The van der Waals surface area contributed by atoms with Crippen molar-refractivity contribution in [3.8, 4) is 11.5 Å². The fourth-order valence-electron chi connectivity index (χ4n) is 3.34. The minimum Gasteiger partial charge on any atom is -0.491 e. The summed E-state index contributed by atoms with van der Waals surface area (Å²) in [5, 5.41) is 3.37. The van der Waals surface area contributed by atoms with Gasteiger partial charge in [0.25, 0.3) is 0 Å². The number of aromatic nitrogens is 1. The molecule has 0 spiro atoms. The summed E-state index contributed by atoms with van der Waals surface area (Å²) in [5.41, 5.74) is 2.23. The van der Waals surface area contributed by atoms with Gasteiger partial charge >= 0.3 is 0 Å². The number of allylic oxidation sites excluding steroid dienone is 1. The molecule has 4 rings (SSSR count). The molecule has 1 aromatic heterocycles. The number of rotatable bonds is 6. The molecule has 0 saturated carbocycles. The molecule has 7 nitrogen and oxygen atoms in total. The van der Waals surface area contributed by atoms with Crippen molar-refractivity contribution in [1.82, 2.24) is 9.88 Å². The number of hydrogen-bond acceptors (Lipinski definition) is 7. The Hall–Kier alpha value is -3.35. The van der Waals surface area contributed by atoms with Crippen molar-refractivity contribution >= 4 is 17.3 Å². The smallest absolute Gasteiger partial charge is 0.191 e. The lowest BCUT2D eigenvalue weighted by atomic mass is 10.1. The first kappa shape index (κ1) is 18.0. The SMILES string of the molecule is CCCOc1ccc2c(c1OC)N/C(=C\C(=O)c1cccnc1)N1CCN=C21. The molecular weight excluding hydrogens is 356 g/mol. The van der Waals surface area contributed by atoms with Crippen LogP contribution in [-0.2, 0) is 0 Å². The summed E-state index contributed by atoms with van der Waals surface area (Å²) in [5.74, 6) is 2.66. The van der Waals surface area contributed by atoms with Gasteiger partial charge < -0.3 is 19.7 Å². The van der Waals surface area contributed by atoms with E-state index in [0.717, 1.165) is 23.5 Å². The van der Waals surface area contributed by atoms with Crippen molar-refractivity contribution in [1.29, 1.82) is 0 Å². The number of ether oxygens (including phenoxy) is 2. The molecular formula is C21H22N4O3. The maximum absolute atomic E-state index is 12.7. The second-order valence-electron chi connectivity index (χ2n) is 6.49. The van der Waals surface area contributed by atoms with Gasteiger partial charge in [-0.3, -0.25) is 14.8 Å². The van der Waals surface area contributed by atoms with Gasteiger partial charge in [-0.2, -0.15) is 0 Å². The van der Waals surface area contributed by atoms with Crippen molar-refractivity contribution in [3.05, 3.63) is 59.7 Å². The standard InChI is InChI=1S/C21H22N4O3/c1-3-11-28-17-7-6-15-19(20(17)27-2)24-18(25-10-9-23-21(15)25)12-16(26)14-5-4-8-22-13-14/h4-8,12-13,24H,3,9-11H2,1-2H3/b18-12+. The number of hydrogen-bond donors (Lipinski definition) is 1. The Kier molecular flexibility index (Phi) is 4.97. The van der Waals surface area contributed by atoms with Crippen LogP contribution < -0.4 is 14.8 Å². The zero-order valence-corrected chi connectivity index (χ0v) is 15.9. The highest BCUT2D eigenvalue weighted by Gasteiger charge is 2.32. The summed E-state index contributed by atoms with van der Waals surface area (Å²) in [4.78, 5) is 23.4. The van der Waals surface area contributed by atoms with E-state index in [1.807, 2.05) is 17.0 Å². The molecule has 28 heavy (non-hydrogen) atoms. The Balaban J connectivity index is 1.75. The van der Waals surface area contributed by atoms with E-state index in [4.69, 9.17) is 9.47 Å². The van der Waals surface area contributed by atoms with Gasteiger partial charge in [-0.05, 0) is 30.7 Å². The second kappa shape index (κ2) is 7.72. The summed E-state index contributed by atoms with van der Waals surface area (Å²) in [6, 6.07) is 7.38. The summed E-state index contributed by atoms with van der Waals surface area (Å²) >= 11 is 0. The molecule has 2 aromatic rings. The number of carbonyl (C=O) groups excluding carboxylic acids is 1. The molecule has 1 aromatic carbocycles. The fourth-order valence-corrected chi connectivity index (χ4v) is 3.34. The van der Waals surface area contributed by atoms with Crippen LogP contribution in [0.15, 0.2) is 53.5 Å². The topological polar surface area (TPSA) is 76.1 Å². The molecule has 0 aliphatic carbocycles. The van der Waals surface area contributed by atoms with Crippen molar-refractivity contribution in [2.45, 2.75) is 13.3 Å². The molecule has 0 bridgehead atoms. The fraction of sp³-hybridized carbons (Fsp3) is 0.286. The quantitative estimate of drug-likeness (QED) is 0.615. The van der Waals surface area contributed by atoms with Gasteiger partial charge in [-0.1, -0.05) is 6.92 Å². The normalized spacial score (nSPS) is 16.1. The van der Waals surface area contributed by atoms with E-state index in [-0.39, 0.29) is 5.78 Å². The van der Waals surface area contributed by atoms with Crippen molar-refractivity contribution in [2.75, 3.05) is 32.1 Å². The maximum Gasteiger partial charge on any atom is 0.191 e. The number of ketones is 1. The van der Waals surface area contributed by atoms with E-state index in [0.29, 0.717) is 42.6 Å². The van der Waals surface area contributed by atoms with Gasteiger partial charge in [0.1, 0.15) is 11.7 Å². The van der Waals surface area contributed by atoms with Gasteiger partial charge in [-0.25, -0.2) is 0 Å². The van der Waals surface area contributed by atoms with Crippen LogP contribution in [0.1, 0.15) is 29.3 Å². The Morgan fingerprint density at radius 3 is 3.00 bits per heavy atom. The van der Waals surface area contributed by atoms with Crippen LogP contribution in [0.5, 0.6) is 11.5 Å². The zero-order valence-electron chi connectivity index (χ0n) is 15.9. The number of nitrogens with zero attached hydrogens (tertiary/aromatic N) is 3. The Morgan fingerprint density at radius 2 is 2.25 bits per heavy atom. The first-order valence-electron chi connectivity index (χ1n) is 9.32. The van der Waals surface area contributed by atoms with Crippen LogP contribution in [0.25, 0.3) is 0 Å². The first-order chi connectivity index (χ1) is 13.7. The van der Waals surface area contributed by atoms with Crippen molar-refractivity contribution in [3.63, 3.8) is 0 Å². The van der Waals surface area contributed by atoms with Gasteiger partial charge in [0.2, 0.25) is 0 Å². The van der Waals surface area contributed by atoms with E-state index in [1.165, 1.54) is 0 Å². The molecule has 144 valence electrons. The predicted octanol–water partition coefficient (Wildman–Crippen LogP) is 3.09. The van der Waals surface area contributed by atoms with Crippen LogP contribution in [0.4, 0.5) is 5.69 Å². The van der Waals surface area contributed by atoms with E-state index in [2.05, 4.69) is 22.2 Å². The molecule has 2 aliphatic heterocycles. The lowest BCUT2D eigenvalue weighted by Gasteiger charge is -2.32. The molecule has 0 unspecified atom stereocenters. The number of aliphatic imine (C=N–C) groups is 1. The second-order valence-corrected chi connectivity index (χ2v) is 6.49. The Labute approximate surface area is 163 Å².